The van der Waals surface area contributed by atoms with Gasteiger partial charge in [0.2, 0.25) is 0 Å². The van der Waals surface area contributed by atoms with Gasteiger partial charge in [-0.3, -0.25) is 0 Å². The van der Waals surface area contributed by atoms with E-state index in [1.165, 1.54) is 51.6 Å². The molecule has 0 bridgehead atoms. The second kappa shape index (κ2) is 8.08. The largest absolute Gasteiger partial charge is 0.330 e. The lowest BCUT2D eigenvalue weighted by molar-refractivity contribution is 0.371. The summed E-state index contributed by atoms with van der Waals surface area (Å²) in [5.74, 6) is 2.51. The minimum Gasteiger partial charge on any atom is -0.330 e. The molecule has 0 heterocycles. The van der Waals surface area contributed by atoms with E-state index < -0.39 is 0 Å². The maximum atomic E-state index is 5.78. The predicted octanol–water partition coefficient (Wildman–Crippen LogP) is 2.78. The molecule has 0 radical (unpaired) electrons. The maximum absolute atomic E-state index is 5.78. The monoisotopic (exact) mass is 226 g/mol. The van der Waals surface area contributed by atoms with Crippen LogP contribution in [0.4, 0.5) is 0 Å². The standard InChI is InChI=1S/C14H30N2/c1-12(2)6-3-4-9-16-11-14-8-5-7-13(14)10-15/h12-14,16H,3-11,15H2,1-2H3. The van der Waals surface area contributed by atoms with Crippen LogP contribution in [0.5, 0.6) is 0 Å². The molecule has 16 heavy (non-hydrogen) atoms. The molecule has 2 nitrogen and oxygen atoms in total. The summed E-state index contributed by atoms with van der Waals surface area (Å²) in [5, 5.41) is 3.61. The molecule has 0 aromatic carbocycles. The van der Waals surface area contributed by atoms with Gasteiger partial charge in [0, 0.05) is 0 Å². The Kier molecular flexibility index (Phi) is 7.06. The van der Waals surface area contributed by atoms with E-state index in [1.54, 1.807) is 0 Å². The van der Waals surface area contributed by atoms with Gasteiger partial charge in [0.1, 0.15) is 0 Å². The van der Waals surface area contributed by atoms with Crippen LogP contribution in [0.2, 0.25) is 0 Å². The Morgan fingerprint density at radius 2 is 1.94 bits per heavy atom. The second-order valence-corrected chi connectivity index (χ2v) is 5.78. The molecule has 0 aromatic rings. The number of rotatable bonds is 8. The molecule has 2 unspecified atom stereocenters. The van der Waals surface area contributed by atoms with Crippen molar-refractivity contribution in [2.24, 2.45) is 23.5 Å². The van der Waals surface area contributed by atoms with Crippen LogP contribution in [0.3, 0.4) is 0 Å². The van der Waals surface area contributed by atoms with Gasteiger partial charge in [-0.05, 0) is 56.7 Å². The first-order valence-corrected chi connectivity index (χ1v) is 7.14. The van der Waals surface area contributed by atoms with E-state index in [0.29, 0.717) is 0 Å². The van der Waals surface area contributed by atoms with E-state index in [1.807, 2.05) is 0 Å². The third-order valence-corrected chi connectivity index (χ3v) is 3.91. The lowest BCUT2D eigenvalue weighted by Gasteiger charge is -2.18. The van der Waals surface area contributed by atoms with Crippen molar-refractivity contribution in [3.63, 3.8) is 0 Å². The van der Waals surface area contributed by atoms with Crippen molar-refractivity contribution < 1.29 is 0 Å². The molecule has 3 N–H and O–H groups in total. The summed E-state index contributed by atoms with van der Waals surface area (Å²) in [6, 6.07) is 0. The van der Waals surface area contributed by atoms with Gasteiger partial charge >= 0.3 is 0 Å². The summed E-state index contributed by atoms with van der Waals surface area (Å²) in [5.41, 5.74) is 5.78. The van der Waals surface area contributed by atoms with Crippen molar-refractivity contribution in [3.05, 3.63) is 0 Å². The van der Waals surface area contributed by atoms with Crippen molar-refractivity contribution in [3.8, 4) is 0 Å². The van der Waals surface area contributed by atoms with Gasteiger partial charge in [-0.25, -0.2) is 0 Å². The highest BCUT2D eigenvalue weighted by atomic mass is 14.9. The van der Waals surface area contributed by atoms with Crippen molar-refractivity contribution >= 4 is 0 Å². The Morgan fingerprint density at radius 3 is 2.62 bits per heavy atom. The van der Waals surface area contributed by atoms with Crippen LogP contribution in [0.15, 0.2) is 0 Å². The normalized spacial score (nSPS) is 25.5. The summed E-state index contributed by atoms with van der Waals surface area (Å²) in [7, 11) is 0. The van der Waals surface area contributed by atoms with Crippen molar-refractivity contribution in [1.29, 1.82) is 0 Å². The van der Waals surface area contributed by atoms with Crippen molar-refractivity contribution in [1.82, 2.24) is 5.32 Å². The summed E-state index contributed by atoms with van der Waals surface area (Å²) in [6.07, 6.45) is 8.21. The highest BCUT2D eigenvalue weighted by Gasteiger charge is 2.25. The topological polar surface area (TPSA) is 38.0 Å². The van der Waals surface area contributed by atoms with E-state index in [4.69, 9.17) is 5.73 Å². The molecule has 1 aliphatic carbocycles. The first-order chi connectivity index (χ1) is 7.74. The molecule has 96 valence electrons. The molecule has 1 saturated carbocycles. The van der Waals surface area contributed by atoms with Crippen LogP contribution in [-0.4, -0.2) is 19.6 Å². The quantitative estimate of drug-likeness (QED) is 0.625. The highest BCUT2D eigenvalue weighted by molar-refractivity contribution is 4.79. The zero-order chi connectivity index (χ0) is 11.8. The molecule has 1 rings (SSSR count). The minimum atomic E-state index is 0.795. The average molecular weight is 226 g/mol. The fraction of sp³-hybridized carbons (Fsp3) is 1.00. The molecular formula is C14H30N2. The van der Waals surface area contributed by atoms with Gasteiger partial charge in [0.05, 0.1) is 0 Å². The summed E-state index contributed by atoms with van der Waals surface area (Å²) < 4.78 is 0. The molecule has 2 heteroatoms. The van der Waals surface area contributed by atoms with E-state index in [9.17, 15) is 0 Å². The molecule has 0 spiro atoms. The molecule has 1 fully saturated rings. The van der Waals surface area contributed by atoms with Crippen LogP contribution < -0.4 is 11.1 Å². The van der Waals surface area contributed by atoms with E-state index in [2.05, 4.69) is 19.2 Å². The van der Waals surface area contributed by atoms with Gasteiger partial charge in [-0.2, -0.15) is 0 Å². The van der Waals surface area contributed by atoms with Crippen LogP contribution >= 0.6 is 0 Å². The van der Waals surface area contributed by atoms with Crippen LogP contribution in [0.25, 0.3) is 0 Å². The summed E-state index contributed by atoms with van der Waals surface area (Å²) in [6.45, 7) is 7.89. The van der Waals surface area contributed by atoms with Gasteiger partial charge in [0.25, 0.3) is 0 Å². The number of nitrogens with two attached hydrogens (primary N) is 1. The lowest BCUT2D eigenvalue weighted by Crippen LogP contribution is -2.29. The van der Waals surface area contributed by atoms with E-state index >= 15 is 0 Å². The summed E-state index contributed by atoms with van der Waals surface area (Å²) >= 11 is 0. The molecule has 1 aliphatic rings. The Morgan fingerprint density at radius 1 is 1.19 bits per heavy atom. The molecular weight excluding hydrogens is 196 g/mol. The molecule has 2 atom stereocenters. The van der Waals surface area contributed by atoms with Crippen molar-refractivity contribution in [2.75, 3.05) is 19.6 Å². The fourth-order valence-electron chi connectivity index (χ4n) is 2.78. The maximum Gasteiger partial charge on any atom is -0.00174 e. The zero-order valence-electron chi connectivity index (χ0n) is 11.2. The Labute approximate surface area is 101 Å². The second-order valence-electron chi connectivity index (χ2n) is 5.78. The Hall–Kier alpha value is -0.0800. The first kappa shape index (κ1) is 14.0. The highest BCUT2D eigenvalue weighted by Crippen LogP contribution is 2.30. The molecule has 0 aliphatic heterocycles. The molecule has 0 aromatic heterocycles. The Balaban J connectivity index is 1.94. The zero-order valence-corrected chi connectivity index (χ0v) is 11.2. The van der Waals surface area contributed by atoms with Gasteiger partial charge < -0.3 is 11.1 Å². The predicted molar refractivity (Wildman–Crippen MR) is 71.4 cm³/mol. The minimum absolute atomic E-state index is 0.795. The number of hydrogen-bond acceptors (Lipinski definition) is 2. The van der Waals surface area contributed by atoms with E-state index in [-0.39, 0.29) is 0 Å². The number of unbranched alkanes of at least 4 members (excludes halogenated alkanes) is 1. The SMILES string of the molecule is CC(C)CCCCNCC1CCCC1CN. The smallest absolute Gasteiger partial charge is 0.00174 e. The van der Waals surface area contributed by atoms with Crippen LogP contribution in [-0.2, 0) is 0 Å². The third-order valence-electron chi connectivity index (χ3n) is 3.91. The van der Waals surface area contributed by atoms with Crippen LogP contribution in [0.1, 0.15) is 52.4 Å². The average Bonchev–Trinajstić information content (AvgIpc) is 2.70. The van der Waals surface area contributed by atoms with Crippen molar-refractivity contribution in [2.45, 2.75) is 52.4 Å². The molecule has 0 amide bonds. The van der Waals surface area contributed by atoms with Gasteiger partial charge in [0.15, 0.2) is 0 Å². The summed E-state index contributed by atoms with van der Waals surface area (Å²) in [4.78, 5) is 0. The fourth-order valence-corrected chi connectivity index (χ4v) is 2.78. The van der Waals surface area contributed by atoms with Gasteiger partial charge in [-0.1, -0.05) is 33.1 Å². The first-order valence-electron chi connectivity index (χ1n) is 7.14. The van der Waals surface area contributed by atoms with Crippen LogP contribution in [0, 0.1) is 17.8 Å². The lowest BCUT2D eigenvalue weighted by atomic mass is 9.96. The number of hydrogen-bond donors (Lipinski definition) is 2. The Bertz CT molecular complexity index is 168. The third kappa shape index (κ3) is 5.31. The van der Waals surface area contributed by atoms with E-state index in [0.717, 1.165) is 24.3 Å². The van der Waals surface area contributed by atoms with Gasteiger partial charge in [-0.15, -0.1) is 0 Å². The molecule has 0 saturated heterocycles. The number of nitrogens with one attached hydrogen (secondary N) is 1.